The summed E-state index contributed by atoms with van der Waals surface area (Å²) in [5, 5.41) is 3.45. The number of carbonyl (C=O) groups is 2. The molecule has 1 aromatic heterocycles. The Morgan fingerprint density at radius 1 is 0.946 bits per heavy atom. The highest BCUT2D eigenvalue weighted by Crippen LogP contribution is 2.36. The maximum Gasteiger partial charge on any atom is 0.342 e. The molecule has 3 aromatic carbocycles. The Labute approximate surface area is 216 Å². The first-order valence-corrected chi connectivity index (χ1v) is 12.7. The molecule has 0 atom stereocenters. The molecule has 7 nitrogen and oxygen atoms in total. The molecule has 1 aliphatic heterocycles. The number of fused-ring (bicyclic) bond motifs is 1. The maximum absolute atomic E-state index is 12.8. The Kier molecular flexibility index (Phi) is 7.40. The zero-order valence-corrected chi connectivity index (χ0v) is 20.9. The maximum atomic E-state index is 12.8. The summed E-state index contributed by atoms with van der Waals surface area (Å²) >= 11 is 0. The molecular formula is C30H30N2O5. The van der Waals surface area contributed by atoms with Crippen LogP contribution in [0, 0.1) is 0 Å². The number of furan rings is 1. The molecule has 2 heterocycles. The first-order valence-electron chi connectivity index (χ1n) is 12.7. The number of amides is 1. The largest absolute Gasteiger partial charge is 0.484 e. The van der Waals surface area contributed by atoms with Crippen LogP contribution in [0.1, 0.15) is 36.5 Å². The van der Waals surface area contributed by atoms with Crippen molar-refractivity contribution in [2.24, 2.45) is 0 Å². The van der Waals surface area contributed by atoms with Crippen molar-refractivity contribution in [1.82, 2.24) is 0 Å². The van der Waals surface area contributed by atoms with Crippen LogP contribution >= 0.6 is 0 Å². The van der Waals surface area contributed by atoms with Gasteiger partial charge in [0.2, 0.25) is 0 Å². The van der Waals surface area contributed by atoms with Gasteiger partial charge in [0.1, 0.15) is 22.7 Å². The number of hydrogen-bond donors (Lipinski definition) is 1. The lowest BCUT2D eigenvalue weighted by molar-refractivity contribution is -0.118. The molecule has 0 spiro atoms. The third-order valence-corrected chi connectivity index (χ3v) is 6.42. The lowest BCUT2D eigenvalue weighted by Gasteiger charge is -2.28. The van der Waals surface area contributed by atoms with E-state index < -0.39 is 5.97 Å². The zero-order chi connectivity index (χ0) is 25.6. The molecule has 1 fully saturated rings. The number of nitrogens with one attached hydrogen (secondary N) is 1. The van der Waals surface area contributed by atoms with E-state index in [1.54, 1.807) is 25.1 Å². The fourth-order valence-corrected chi connectivity index (χ4v) is 4.62. The van der Waals surface area contributed by atoms with Crippen molar-refractivity contribution in [3.05, 3.63) is 78.4 Å². The lowest BCUT2D eigenvalue weighted by atomic mass is 10.1. The fourth-order valence-electron chi connectivity index (χ4n) is 4.62. The minimum atomic E-state index is -0.469. The molecule has 0 bridgehead atoms. The highest BCUT2D eigenvalue weighted by atomic mass is 16.5. The van der Waals surface area contributed by atoms with Gasteiger partial charge >= 0.3 is 5.97 Å². The van der Waals surface area contributed by atoms with Gasteiger partial charge in [0, 0.05) is 35.4 Å². The van der Waals surface area contributed by atoms with E-state index in [1.807, 2.05) is 54.6 Å². The Morgan fingerprint density at radius 3 is 2.43 bits per heavy atom. The Balaban J connectivity index is 1.28. The van der Waals surface area contributed by atoms with Crippen LogP contribution in [0.2, 0.25) is 0 Å². The number of nitrogens with zero attached hydrogens (tertiary/aromatic N) is 1. The van der Waals surface area contributed by atoms with Gasteiger partial charge < -0.3 is 24.1 Å². The standard InChI is InChI=1S/C30H30N2O5/c1-2-35-30(34)28-25-19-24(15-16-26(25)37-29(28)21-9-5-3-6-10-21)36-20-27(33)31-22-11-13-23(14-12-22)32-17-7-4-8-18-32/h3,5-6,9-16,19H,2,4,7-8,17-18,20H2,1H3,(H,31,33). The number of benzene rings is 3. The predicted molar refractivity (Wildman–Crippen MR) is 144 cm³/mol. The fraction of sp³-hybridized carbons (Fsp3) is 0.267. The molecule has 0 radical (unpaired) electrons. The third kappa shape index (κ3) is 5.61. The second-order valence-electron chi connectivity index (χ2n) is 8.98. The van der Waals surface area contributed by atoms with Crippen LogP contribution in [0.3, 0.4) is 0 Å². The van der Waals surface area contributed by atoms with E-state index in [2.05, 4.69) is 10.2 Å². The topological polar surface area (TPSA) is 81.0 Å². The van der Waals surface area contributed by atoms with Crippen molar-refractivity contribution in [1.29, 1.82) is 0 Å². The number of rotatable bonds is 8. The first-order chi connectivity index (χ1) is 18.1. The van der Waals surface area contributed by atoms with Crippen molar-refractivity contribution in [2.45, 2.75) is 26.2 Å². The van der Waals surface area contributed by atoms with E-state index in [1.165, 1.54) is 24.9 Å². The van der Waals surface area contributed by atoms with Crippen molar-refractivity contribution in [3.8, 4) is 17.1 Å². The summed E-state index contributed by atoms with van der Waals surface area (Å²) in [5.74, 6) is 0.155. The van der Waals surface area contributed by atoms with Crippen molar-refractivity contribution >= 4 is 34.2 Å². The normalized spacial score (nSPS) is 13.4. The molecule has 5 rings (SSSR count). The molecule has 7 heteroatoms. The molecule has 1 aliphatic rings. The highest BCUT2D eigenvalue weighted by molar-refractivity contribution is 6.09. The molecule has 1 N–H and O–H groups in total. The Bertz CT molecular complexity index is 1370. The molecule has 190 valence electrons. The minimum absolute atomic E-state index is 0.169. The number of carbonyl (C=O) groups excluding carboxylic acids is 2. The van der Waals surface area contributed by atoms with Gasteiger partial charge in [-0.2, -0.15) is 0 Å². The van der Waals surface area contributed by atoms with Crippen molar-refractivity contribution < 1.29 is 23.5 Å². The van der Waals surface area contributed by atoms with Gasteiger partial charge in [-0.05, 0) is 68.7 Å². The van der Waals surface area contributed by atoms with Crippen LogP contribution in [-0.2, 0) is 9.53 Å². The summed E-state index contributed by atoms with van der Waals surface area (Å²) in [7, 11) is 0. The van der Waals surface area contributed by atoms with Crippen molar-refractivity contribution in [2.75, 3.05) is 36.5 Å². The summed E-state index contributed by atoms with van der Waals surface area (Å²) in [6, 6.07) is 22.5. The minimum Gasteiger partial charge on any atom is -0.484 e. The lowest BCUT2D eigenvalue weighted by Crippen LogP contribution is -2.29. The monoisotopic (exact) mass is 498 g/mol. The first kappa shape index (κ1) is 24.4. The van der Waals surface area contributed by atoms with Gasteiger partial charge in [-0.3, -0.25) is 4.79 Å². The smallest absolute Gasteiger partial charge is 0.342 e. The summed E-state index contributed by atoms with van der Waals surface area (Å²) in [5.41, 5.74) is 3.54. The van der Waals surface area contributed by atoms with Gasteiger partial charge in [0.25, 0.3) is 5.91 Å². The Hall–Kier alpha value is -4.26. The van der Waals surface area contributed by atoms with Crippen LogP contribution in [0.5, 0.6) is 5.75 Å². The number of hydrogen-bond acceptors (Lipinski definition) is 6. The average Bonchev–Trinajstić information content (AvgIpc) is 3.32. The van der Waals surface area contributed by atoms with E-state index in [0.717, 1.165) is 24.3 Å². The van der Waals surface area contributed by atoms with Gasteiger partial charge in [-0.15, -0.1) is 0 Å². The van der Waals surface area contributed by atoms with Gasteiger partial charge in [-0.1, -0.05) is 30.3 Å². The average molecular weight is 499 g/mol. The van der Waals surface area contributed by atoms with Crippen LogP contribution in [0.15, 0.2) is 77.2 Å². The SMILES string of the molecule is CCOC(=O)c1c(-c2ccccc2)oc2ccc(OCC(=O)Nc3ccc(N4CCCCC4)cc3)cc12. The molecule has 37 heavy (non-hydrogen) atoms. The number of anilines is 2. The van der Waals surface area contributed by atoms with Gasteiger partial charge in [0.15, 0.2) is 6.61 Å². The summed E-state index contributed by atoms with van der Waals surface area (Å²) in [6.45, 7) is 3.99. The quantitative estimate of drug-likeness (QED) is 0.288. The molecular weight excluding hydrogens is 468 g/mol. The van der Waals surface area contributed by atoms with Gasteiger partial charge in [-0.25, -0.2) is 4.79 Å². The predicted octanol–water partition coefficient (Wildman–Crippen LogP) is 6.28. The van der Waals surface area contributed by atoms with Crippen LogP contribution < -0.4 is 15.0 Å². The van der Waals surface area contributed by atoms with Crippen LogP contribution in [-0.4, -0.2) is 38.2 Å². The van der Waals surface area contributed by atoms with Crippen LogP contribution in [0.4, 0.5) is 11.4 Å². The van der Waals surface area contributed by atoms with Crippen LogP contribution in [0.25, 0.3) is 22.3 Å². The van der Waals surface area contributed by atoms with E-state index in [-0.39, 0.29) is 19.1 Å². The Morgan fingerprint density at radius 2 is 1.70 bits per heavy atom. The third-order valence-electron chi connectivity index (χ3n) is 6.42. The molecule has 1 saturated heterocycles. The van der Waals surface area contributed by atoms with E-state index in [0.29, 0.717) is 28.0 Å². The van der Waals surface area contributed by atoms with E-state index in [4.69, 9.17) is 13.9 Å². The number of esters is 1. The second-order valence-corrected chi connectivity index (χ2v) is 8.98. The van der Waals surface area contributed by atoms with Gasteiger partial charge in [0.05, 0.1) is 6.61 Å². The molecule has 0 saturated carbocycles. The molecule has 1 amide bonds. The summed E-state index contributed by atoms with van der Waals surface area (Å²) < 4.78 is 17.1. The molecule has 0 aliphatic carbocycles. The van der Waals surface area contributed by atoms with E-state index >= 15 is 0 Å². The number of ether oxygens (including phenoxy) is 2. The number of piperidine rings is 1. The molecule has 4 aromatic rings. The zero-order valence-electron chi connectivity index (χ0n) is 20.9. The van der Waals surface area contributed by atoms with E-state index in [9.17, 15) is 9.59 Å². The highest BCUT2D eigenvalue weighted by Gasteiger charge is 2.24. The van der Waals surface area contributed by atoms with Crippen molar-refractivity contribution in [3.63, 3.8) is 0 Å². The summed E-state index contributed by atoms with van der Waals surface area (Å²) in [6.07, 6.45) is 3.72. The second kappa shape index (κ2) is 11.2. The summed E-state index contributed by atoms with van der Waals surface area (Å²) in [4.78, 5) is 27.7. The molecule has 0 unspecified atom stereocenters.